The summed E-state index contributed by atoms with van der Waals surface area (Å²) in [6, 6.07) is 0. The van der Waals surface area contributed by atoms with Crippen LogP contribution in [-0.4, -0.2) is 36.0 Å². The minimum absolute atomic E-state index is 0.134. The molecule has 0 N–H and O–H groups in total. The van der Waals surface area contributed by atoms with Gasteiger partial charge in [0.1, 0.15) is 0 Å². The maximum Gasteiger partial charge on any atom is 0.393 e. The summed E-state index contributed by atoms with van der Waals surface area (Å²) in [6.45, 7) is 0.273. The van der Waals surface area contributed by atoms with E-state index in [1.165, 1.54) is 4.90 Å². The second kappa shape index (κ2) is 6.47. The summed E-state index contributed by atoms with van der Waals surface area (Å²) >= 11 is 5.48. The minimum atomic E-state index is -4.19. The van der Waals surface area contributed by atoms with Crippen LogP contribution >= 0.6 is 11.6 Å². The van der Waals surface area contributed by atoms with Crippen molar-refractivity contribution >= 4 is 17.5 Å². The topological polar surface area (TPSA) is 20.3 Å². The van der Waals surface area contributed by atoms with Crippen LogP contribution in [-0.2, 0) is 4.79 Å². The van der Waals surface area contributed by atoms with Gasteiger partial charge in [-0.15, -0.1) is 11.6 Å². The second-order valence-electron chi connectivity index (χ2n) is 4.37. The van der Waals surface area contributed by atoms with Gasteiger partial charge in [-0.1, -0.05) is 0 Å². The molecule has 2 nitrogen and oxygen atoms in total. The van der Waals surface area contributed by atoms with E-state index in [-0.39, 0.29) is 18.9 Å². The van der Waals surface area contributed by atoms with Crippen molar-refractivity contribution < 1.29 is 18.0 Å². The van der Waals surface area contributed by atoms with Crippen LogP contribution in [0.2, 0.25) is 0 Å². The fraction of sp³-hybridized carbons (Fsp3) is 0.909. The molecule has 1 atom stereocenters. The highest BCUT2D eigenvalue weighted by atomic mass is 35.5. The fourth-order valence-electron chi connectivity index (χ4n) is 2.00. The maximum atomic E-state index is 12.5. The number of alkyl halides is 4. The molecule has 0 aromatic carbocycles. The summed E-state index contributed by atoms with van der Waals surface area (Å²) in [5.41, 5.74) is 0. The zero-order valence-electron chi connectivity index (χ0n) is 9.60. The molecule has 1 heterocycles. The van der Waals surface area contributed by atoms with Gasteiger partial charge in [-0.2, -0.15) is 13.2 Å². The Balaban J connectivity index is 2.41. The molecule has 1 rings (SSSR count). The molecule has 1 saturated heterocycles. The first-order valence-electron chi connectivity index (χ1n) is 5.85. The number of hydrogen-bond donors (Lipinski definition) is 0. The van der Waals surface area contributed by atoms with E-state index in [1.54, 1.807) is 0 Å². The van der Waals surface area contributed by atoms with Gasteiger partial charge in [-0.25, -0.2) is 0 Å². The molecule has 0 bridgehead atoms. The number of carbonyl (C=O) groups is 1. The lowest BCUT2D eigenvalue weighted by molar-refractivity contribution is -0.188. The summed E-state index contributed by atoms with van der Waals surface area (Å²) in [5.74, 6) is -1.05. The molecule has 0 aromatic heterocycles. The van der Waals surface area contributed by atoms with Crippen LogP contribution in [0, 0.1) is 5.92 Å². The Hall–Kier alpha value is -0.450. The molecule has 0 aromatic rings. The van der Waals surface area contributed by atoms with E-state index in [9.17, 15) is 18.0 Å². The normalized spacial score (nSPS) is 21.6. The molecular formula is C11H17ClF3NO. The standard InChI is InChI=1S/C11H17ClF3NO/c12-6-2-1-5-10(17)16-7-3-4-9(8-16)11(13,14)15/h9H,1-8H2. The smallest absolute Gasteiger partial charge is 0.342 e. The highest BCUT2D eigenvalue weighted by Crippen LogP contribution is 2.33. The number of nitrogens with zero attached hydrogens (tertiary/aromatic N) is 1. The maximum absolute atomic E-state index is 12.5. The molecule has 1 fully saturated rings. The number of piperidine rings is 1. The van der Waals surface area contributed by atoms with Crippen molar-refractivity contribution in [2.24, 2.45) is 5.92 Å². The van der Waals surface area contributed by atoms with E-state index < -0.39 is 12.1 Å². The van der Waals surface area contributed by atoms with Crippen molar-refractivity contribution in [2.75, 3.05) is 19.0 Å². The molecule has 17 heavy (non-hydrogen) atoms. The van der Waals surface area contributed by atoms with Crippen molar-refractivity contribution in [3.05, 3.63) is 0 Å². The number of hydrogen-bond acceptors (Lipinski definition) is 1. The largest absolute Gasteiger partial charge is 0.393 e. The Bertz CT molecular complexity index is 258. The summed E-state index contributed by atoms with van der Waals surface area (Å²) in [6.07, 6.45) is -1.94. The average molecular weight is 272 g/mol. The van der Waals surface area contributed by atoms with E-state index in [0.717, 1.165) is 6.42 Å². The van der Waals surface area contributed by atoms with Gasteiger partial charge >= 0.3 is 6.18 Å². The number of rotatable bonds is 4. The van der Waals surface area contributed by atoms with E-state index in [1.807, 2.05) is 0 Å². The molecule has 0 radical (unpaired) electrons. The molecule has 100 valence electrons. The van der Waals surface area contributed by atoms with Gasteiger partial charge in [0.05, 0.1) is 5.92 Å². The van der Waals surface area contributed by atoms with E-state index in [4.69, 9.17) is 11.6 Å². The van der Waals surface area contributed by atoms with Crippen molar-refractivity contribution in [1.82, 2.24) is 4.90 Å². The number of amides is 1. The molecule has 1 amide bonds. The lowest BCUT2D eigenvalue weighted by atomic mass is 9.97. The highest BCUT2D eigenvalue weighted by Gasteiger charge is 2.42. The van der Waals surface area contributed by atoms with Crippen LogP contribution in [0.4, 0.5) is 13.2 Å². The van der Waals surface area contributed by atoms with Crippen molar-refractivity contribution in [2.45, 2.75) is 38.3 Å². The third-order valence-corrected chi connectivity index (χ3v) is 3.28. The number of likely N-dealkylation sites (tertiary alicyclic amines) is 1. The summed E-state index contributed by atoms with van der Waals surface area (Å²) in [4.78, 5) is 13.0. The zero-order valence-corrected chi connectivity index (χ0v) is 10.4. The Morgan fingerprint density at radius 3 is 2.65 bits per heavy atom. The highest BCUT2D eigenvalue weighted by molar-refractivity contribution is 6.17. The predicted octanol–water partition coefficient (Wildman–Crippen LogP) is 3.20. The molecule has 0 saturated carbocycles. The molecule has 0 spiro atoms. The van der Waals surface area contributed by atoms with Gasteiger partial charge in [0.25, 0.3) is 0 Å². The second-order valence-corrected chi connectivity index (χ2v) is 4.74. The first-order chi connectivity index (χ1) is 7.95. The molecule has 1 aliphatic rings. The Labute approximate surface area is 104 Å². The number of carbonyl (C=O) groups excluding carboxylic acids is 1. The third-order valence-electron chi connectivity index (χ3n) is 3.01. The SMILES string of the molecule is O=C(CCCCCl)N1CCCC(C(F)(F)F)C1. The Morgan fingerprint density at radius 1 is 1.35 bits per heavy atom. The molecule has 6 heteroatoms. The van der Waals surface area contributed by atoms with Crippen LogP contribution in [0.3, 0.4) is 0 Å². The van der Waals surface area contributed by atoms with Crippen LogP contribution in [0.25, 0.3) is 0 Å². The van der Waals surface area contributed by atoms with Gasteiger partial charge in [0.2, 0.25) is 5.91 Å². The van der Waals surface area contributed by atoms with Gasteiger partial charge in [0.15, 0.2) is 0 Å². The number of halogens is 4. The predicted molar refractivity (Wildman–Crippen MR) is 59.9 cm³/mol. The minimum Gasteiger partial charge on any atom is -0.342 e. The molecule has 0 aliphatic carbocycles. The summed E-state index contributed by atoms with van der Waals surface area (Å²) in [7, 11) is 0. The fourth-order valence-corrected chi connectivity index (χ4v) is 2.19. The Kier molecular flexibility index (Phi) is 5.56. The lowest BCUT2D eigenvalue weighted by Crippen LogP contribution is -2.44. The quantitative estimate of drug-likeness (QED) is 0.568. The van der Waals surface area contributed by atoms with Crippen molar-refractivity contribution in [3.63, 3.8) is 0 Å². The van der Waals surface area contributed by atoms with Crippen LogP contribution in [0.5, 0.6) is 0 Å². The van der Waals surface area contributed by atoms with Crippen molar-refractivity contribution in [3.8, 4) is 0 Å². The van der Waals surface area contributed by atoms with Gasteiger partial charge in [-0.05, 0) is 25.7 Å². The summed E-state index contributed by atoms with van der Waals surface area (Å²) in [5, 5.41) is 0. The van der Waals surface area contributed by atoms with E-state index in [0.29, 0.717) is 31.7 Å². The third kappa shape index (κ3) is 4.74. The van der Waals surface area contributed by atoms with Crippen LogP contribution < -0.4 is 0 Å². The van der Waals surface area contributed by atoms with Crippen LogP contribution in [0.15, 0.2) is 0 Å². The van der Waals surface area contributed by atoms with Gasteiger partial charge in [0, 0.05) is 25.4 Å². The van der Waals surface area contributed by atoms with E-state index >= 15 is 0 Å². The first kappa shape index (κ1) is 14.6. The first-order valence-corrected chi connectivity index (χ1v) is 6.39. The monoisotopic (exact) mass is 271 g/mol. The van der Waals surface area contributed by atoms with E-state index in [2.05, 4.69) is 0 Å². The Morgan fingerprint density at radius 2 is 2.06 bits per heavy atom. The average Bonchev–Trinajstić information content (AvgIpc) is 2.28. The lowest BCUT2D eigenvalue weighted by Gasteiger charge is -2.33. The van der Waals surface area contributed by atoms with Gasteiger partial charge < -0.3 is 4.90 Å². The zero-order chi connectivity index (χ0) is 12.9. The van der Waals surface area contributed by atoms with Crippen molar-refractivity contribution in [1.29, 1.82) is 0 Å². The molecule has 1 unspecified atom stereocenters. The van der Waals surface area contributed by atoms with Gasteiger partial charge in [-0.3, -0.25) is 4.79 Å². The summed E-state index contributed by atoms with van der Waals surface area (Å²) < 4.78 is 37.6. The van der Waals surface area contributed by atoms with Crippen LogP contribution in [0.1, 0.15) is 32.1 Å². The molecular weight excluding hydrogens is 255 g/mol. The number of unbranched alkanes of at least 4 members (excludes halogenated alkanes) is 1. The molecule has 1 aliphatic heterocycles.